The van der Waals surface area contributed by atoms with E-state index in [4.69, 9.17) is 0 Å². The molecule has 0 aliphatic rings. The summed E-state index contributed by atoms with van der Waals surface area (Å²) in [5, 5.41) is 4.91. The highest BCUT2D eigenvalue weighted by Gasteiger charge is 2.10. The van der Waals surface area contributed by atoms with Gasteiger partial charge in [0.25, 0.3) is 5.91 Å². The molecule has 0 saturated heterocycles. The van der Waals surface area contributed by atoms with E-state index in [0.29, 0.717) is 6.54 Å². The van der Waals surface area contributed by atoms with Crippen LogP contribution in [0.5, 0.6) is 0 Å². The summed E-state index contributed by atoms with van der Waals surface area (Å²) in [6.45, 7) is 3.34. The molecule has 0 saturated carbocycles. The third kappa shape index (κ3) is 3.87. The molecule has 0 radical (unpaired) electrons. The fourth-order valence-corrected chi connectivity index (χ4v) is 3.31. The number of imidazole rings is 1. The molecule has 1 N–H and O–H groups in total. The standard InChI is InChI=1S/C18H19N3OS/c1-14-8-12-23-17(14)18(22)20-9-7-16-19-10-11-21(16)13-15-5-3-2-4-6-15/h2-6,8,10-12H,7,9,13H2,1H3,(H,20,22). The first kappa shape index (κ1) is 15.5. The predicted octanol–water partition coefficient (Wildman–Crippen LogP) is 3.27. The number of hydrogen-bond donors (Lipinski definition) is 1. The van der Waals surface area contributed by atoms with Crippen molar-refractivity contribution in [3.63, 3.8) is 0 Å². The van der Waals surface area contributed by atoms with Gasteiger partial charge in [-0.15, -0.1) is 11.3 Å². The number of nitrogens with one attached hydrogen (secondary N) is 1. The van der Waals surface area contributed by atoms with Crippen LogP contribution in [-0.4, -0.2) is 22.0 Å². The summed E-state index contributed by atoms with van der Waals surface area (Å²) in [5.41, 5.74) is 2.27. The molecule has 0 atom stereocenters. The molecule has 3 aromatic rings. The van der Waals surface area contributed by atoms with E-state index in [0.717, 1.165) is 29.2 Å². The Hall–Kier alpha value is -2.40. The van der Waals surface area contributed by atoms with Gasteiger partial charge in [-0.3, -0.25) is 4.79 Å². The zero-order valence-corrected chi connectivity index (χ0v) is 13.8. The number of amides is 1. The largest absolute Gasteiger partial charge is 0.351 e. The normalized spacial score (nSPS) is 10.7. The highest BCUT2D eigenvalue weighted by molar-refractivity contribution is 7.12. The van der Waals surface area contributed by atoms with E-state index in [9.17, 15) is 4.79 Å². The summed E-state index contributed by atoms with van der Waals surface area (Å²) in [6.07, 6.45) is 4.51. The highest BCUT2D eigenvalue weighted by Crippen LogP contribution is 2.15. The molecule has 1 amide bonds. The van der Waals surface area contributed by atoms with Crippen LogP contribution in [0.3, 0.4) is 0 Å². The van der Waals surface area contributed by atoms with Crippen LogP contribution < -0.4 is 5.32 Å². The monoisotopic (exact) mass is 325 g/mol. The first-order chi connectivity index (χ1) is 11.2. The summed E-state index contributed by atoms with van der Waals surface area (Å²) in [7, 11) is 0. The second-order valence-electron chi connectivity index (χ2n) is 5.40. The van der Waals surface area contributed by atoms with Crippen LogP contribution in [0.25, 0.3) is 0 Å². The second kappa shape index (κ2) is 7.24. The van der Waals surface area contributed by atoms with Gasteiger partial charge in [-0.2, -0.15) is 0 Å². The Balaban J connectivity index is 1.56. The molecule has 2 heterocycles. The van der Waals surface area contributed by atoms with Gasteiger partial charge in [0.05, 0.1) is 4.88 Å². The first-order valence-electron chi connectivity index (χ1n) is 7.60. The van der Waals surface area contributed by atoms with Gasteiger partial charge in [0.2, 0.25) is 0 Å². The van der Waals surface area contributed by atoms with Crippen LogP contribution in [-0.2, 0) is 13.0 Å². The lowest BCUT2D eigenvalue weighted by Crippen LogP contribution is -2.26. The van der Waals surface area contributed by atoms with E-state index in [1.54, 1.807) is 0 Å². The molecule has 23 heavy (non-hydrogen) atoms. The molecular weight excluding hydrogens is 306 g/mol. The van der Waals surface area contributed by atoms with Crippen molar-refractivity contribution in [3.05, 3.63) is 76.0 Å². The van der Waals surface area contributed by atoms with Gasteiger partial charge in [0, 0.05) is 31.9 Å². The number of thiophene rings is 1. The summed E-state index contributed by atoms with van der Waals surface area (Å²) in [4.78, 5) is 17.3. The number of aryl methyl sites for hydroxylation is 1. The van der Waals surface area contributed by atoms with Crippen molar-refractivity contribution < 1.29 is 4.79 Å². The smallest absolute Gasteiger partial charge is 0.261 e. The van der Waals surface area contributed by atoms with Crippen molar-refractivity contribution in [1.82, 2.24) is 14.9 Å². The highest BCUT2D eigenvalue weighted by atomic mass is 32.1. The van der Waals surface area contributed by atoms with Gasteiger partial charge >= 0.3 is 0 Å². The SMILES string of the molecule is Cc1ccsc1C(=O)NCCc1nccn1Cc1ccccc1. The van der Waals surface area contributed by atoms with Gasteiger partial charge in [0.15, 0.2) is 0 Å². The lowest BCUT2D eigenvalue weighted by Gasteiger charge is -2.09. The van der Waals surface area contributed by atoms with E-state index in [-0.39, 0.29) is 5.91 Å². The van der Waals surface area contributed by atoms with Crippen molar-refractivity contribution in [1.29, 1.82) is 0 Å². The average Bonchev–Trinajstić information content (AvgIpc) is 3.17. The Morgan fingerprint density at radius 2 is 2.09 bits per heavy atom. The van der Waals surface area contributed by atoms with Crippen molar-refractivity contribution in [2.45, 2.75) is 19.9 Å². The number of rotatable bonds is 6. The number of carbonyl (C=O) groups excluding carboxylic acids is 1. The maximum Gasteiger partial charge on any atom is 0.261 e. The Morgan fingerprint density at radius 1 is 1.26 bits per heavy atom. The Labute approximate surface area is 139 Å². The van der Waals surface area contributed by atoms with E-state index in [1.807, 2.05) is 49.0 Å². The third-order valence-electron chi connectivity index (χ3n) is 3.70. The Bertz CT molecular complexity index is 776. The second-order valence-corrected chi connectivity index (χ2v) is 6.31. The van der Waals surface area contributed by atoms with Gasteiger partial charge in [-0.25, -0.2) is 4.98 Å². The summed E-state index contributed by atoms with van der Waals surface area (Å²) < 4.78 is 2.12. The van der Waals surface area contributed by atoms with Gasteiger partial charge in [-0.05, 0) is 29.5 Å². The zero-order chi connectivity index (χ0) is 16.1. The topological polar surface area (TPSA) is 46.9 Å². The van der Waals surface area contributed by atoms with Crippen LogP contribution in [0.15, 0.2) is 54.2 Å². The lowest BCUT2D eigenvalue weighted by atomic mass is 10.2. The van der Waals surface area contributed by atoms with Crippen molar-refractivity contribution in [2.75, 3.05) is 6.54 Å². The predicted molar refractivity (Wildman–Crippen MR) is 92.9 cm³/mol. The van der Waals surface area contributed by atoms with E-state index in [2.05, 4.69) is 27.0 Å². The van der Waals surface area contributed by atoms with Crippen molar-refractivity contribution >= 4 is 17.2 Å². The number of aromatic nitrogens is 2. The molecule has 0 fully saturated rings. The molecule has 0 aliphatic carbocycles. The molecule has 3 rings (SSSR count). The molecule has 0 aliphatic heterocycles. The van der Waals surface area contributed by atoms with Gasteiger partial charge < -0.3 is 9.88 Å². The minimum absolute atomic E-state index is 0.00124. The molecular formula is C18H19N3OS. The summed E-state index contributed by atoms with van der Waals surface area (Å²) >= 11 is 1.48. The average molecular weight is 325 g/mol. The van der Waals surface area contributed by atoms with Gasteiger partial charge in [0.1, 0.15) is 5.82 Å². The van der Waals surface area contributed by atoms with Crippen LogP contribution >= 0.6 is 11.3 Å². The maximum absolute atomic E-state index is 12.1. The van der Waals surface area contributed by atoms with Gasteiger partial charge in [-0.1, -0.05) is 30.3 Å². The van der Waals surface area contributed by atoms with Crippen LogP contribution in [0.1, 0.15) is 26.6 Å². The molecule has 0 bridgehead atoms. The molecule has 1 aromatic carbocycles. The van der Waals surface area contributed by atoms with E-state index >= 15 is 0 Å². The number of benzene rings is 1. The Kier molecular flexibility index (Phi) is 4.88. The lowest BCUT2D eigenvalue weighted by molar-refractivity contribution is 0.0957. The van der Waals surface area contributed by atoms with Crippen LogP contribution in [0, 0.1) is 6.92 Å². The molecule has 4 nitrogen and oxygen atoms in total. The number of nitrogens with zero attached hydrogens (tertiary/aromatic N) is 2. The fraction of sp³-hybridized carbons (Fsp3) is 0.222. The molecule has 118 valence electrons. The molecule has 0 spiro atoms. The van der Waals surface area contributed by atoms with Crippen LogP contribution in [0.2, 0.25) is 0 Å². The van der Waals surface area contributed by atoms with E-state index < -0.39 is 0 Å². The van der Waals surface area contributed by atoms with Crippen molar-refractivity contribution in [3.8, 4) is 0 Å². The molecule has 2 aromatic heterocycles. The van der Waals surface area contributed by atoms with Crippen LogP contribution in [0.4, 0.5) is 0 Å². The minimum atomic E-state index is -0.00124. The maximum atomic E-state index is 12.1. The van der Waals surface area contributed by atoms with Crippen molar-refractivity contribution in [2.24, 2.45) is 0 Å². The number of carbonyl (C=O) groups is 1. The number of hydrogen-bond acceptors (Lipinski definition) is 3. The molecule has 0 unspecified atom stereocenters. The van der Waals surface area contributed by atoms with E-state index in [1.165, 1.54) is 16.9 Å². The zero-order valence-electron chi connectivity index (χ0n) is 13.0. The quantitative estimate of drug-likeness (QED) is 0.756. The summed E-state index contributed by atoms with van der Waals surface area (Å²) in [5.74, 6) is 0.982. The fourth-order valence-electron chi connectivity index (χ4n) is 2.47. The third-order valence-corrected chi connectivity index (χ3v) is 4.72. The first-order valence-corrected chi connectivity index (χ1v) is 8.48. The molecule has 5 heteroatoms. The summed E-state index contributed by atoms with van der Waals surface area (Å²) in [6, 6.07) is 12.3. The Morgan fingerprint density at radius 3 is 2.83 bits per heavy atom. The minimum Gasteiger partial charge on any atom is -0.351 e.